The Bertz CT molecular complexity index is 272. The van der Waals surface area contributed by atoms with Gasteiger partial charge in [0.15, 0.2) is 0 Å². The first-order chi connectivity index (χ1) is 5.27. The molecule has 0 heterocycles. The Morgan fingerprint density at radius 3 is 2.33 bits per heavy atom. The molecule has 70 valence electrons. The second kappa shape index (κ2) is 4.20. The average molecular weight is 214 g/mol. The van der Waals surface area contributed by atoms with Crippen LogP contribution in [0.3, 0.4) is 0 Å². The van der Waals surface area contributed by atoms with Crippen LogP contribution in [0.1, 0.15) is 0 Å². The van der Waals surface area contributed by atoms with Gasteiger partial charge in [-0.25, -0.2) is 8.88 Å². The van der Waals surface area contributed by atoms with E-state index in [9.17, 15) is 9.13 Å². The van der Waals surface area contributed by atoms with E-state index in [0.717, 1.165) is 6.66 Å². The lowest BCUT2D eigenvalue weighted by Gasteiger charge is -2.11. The monoisotopic (exact) mass is 214 g/mol. The summed E-state index contributed by atoms with van der Waals surface area (Å²) >= 11 is 0. The minimum atomic E-state index is -4.49. The van der Waals surface area contributed by atoms with E-state index in [0.29, 0.717) is 0 Å². The van der Waals surface area contributed by atoms with Crippen LogP contribution in [-0.2, 0) is 18.0 Å². The first-order valence-electron chi connectivity index (χ1n) is 2.69. The van der Waals surface area contributed by atoms with Crippen molar-refractivity contribution in [3.8, 4) is 12.3 Å². The van der Waals surface area contributed by atoms with Crippen LogP contribution in [0.25, 0.3) is 0 Å². The SMILES string of the molecule is C#CCOP(=O)(O)OP(C)(=O)O. The second-order valence-corrected chi connectivity index (χ2v) is 5.29. The van der Waals surface area contributed by atoms with E-state index >= 15 is 0 Å². The third-order valence-electron chi connectivity index (χ3n) is 0.566. The summed E-state index contributed by atoms with van der Waals surface area (Å²) < 4.78 is 29.0. The standard InChI is InChI=1S/C4H8O6P2/c1-3-4-9-12(7,8)10-11(2,5)6/h1H,4H2,2H3,(H,5,6)(H,7,8). The minimum Gasteiger partial charge on any atom is -0.324 e. The van der Waals surface area contributed by atoms with Crippen molar-refractivity contribution < 1.29 is 27.8 Å². The van der Waals surface area contributed by atoms with Gasteiger partial charge in [0.1, 0.15) is 6.61 Å². The molecule has 0 bridgehead atoms. The van der Waals surface area contributed by atoms with E-state index < -0.39 is 22.0 Å². The van der Waals surface area contributed by atoms with Crippen LogP contribution in [0.4, 0.5) is 0 Å². The molecule has 0 rings (SSSR count). The molecule has 0 aliphatic carbocycles. The molecular formula is C4H8O6P2. The summed E-state index contributed by atoms with van der Waals surface area (Å²) in [6, 6.07) is 0. The maximum absolute atomic E-state index is 10.7. The molecule has 0 fully saturated rings. The Morgan fingerprint density at radius 2 is 2.00 bits per heavy atom. The van der Waals surface area contributed by atoms with Crippen molar-refractivity contribution >= 4 is 15.4 Å². The molecule has 2 unspecified atom stereocenters. The van der Waals surface area contributed by atoms with Gasteiger partial charge in [-0.1, -0.05) is 5.92 Å². The molecule has 0 aromatic carbocycles. The molecule has 2 N–H and O–H groups in total. The molecule has 12 heavy (non-hydrogen) atoms. The van der Waals surface area contributed by atoms with Crippen molar-refractivity contribution in [1.29, 1.82) is 0 Å². The summed E-state index contributed by atoms with van der Waals surface area (Å²) in [7, 11) is -8.52. The highest BCUT2D eigenvalue weighted by atomic mass is 31.3. The lowest BCUT2D eigenvalue weighted by Crippen LogP contribution is -1.93. The first kappa shape index (κ1) is 11.9. The van der Waals surface area contributed by atoms with Crippen molar-refractivity contribution in [3.05, 3.63) is 0 Å². The fraction of sp³-hybridized carbons (Fsp3) is 0.500. The molecule has 0 aliphatic heterocycles. The van der Waals surface area contributed by atoms with Gasteiger partial charge in [-0.15, -0.1) is 6.42 Å². The summed E-state index contributed by atoms with van der Waals surface area (Å²) in [6.07, 6.45) is 4.71. The van der Waals surface area contributed by atoms with E-state index in [-0.39, 0.29) is 0 Å². The molecule has 0 aliphatic rings. The van der Waals surface area contributed by atoms with Gasteiger partial charge in [-0.2, -0.15) is 0 Å². The Balaban J connectivity index is 4.17. The molecule has 0 radical (unpaired) electrons. The first-order valence-corrected chi connectivity index (χ1v) is 6.21. The molecule has 0 aromatic rings. The number of hydrogen-bond donors (Lipinski definition) is 2. The molecule has 0 spiro atoms. The topological polar surface area (TPSA) is 93.1 Å². The summed E-state index contributed by atoms with van der Waals surface area (Å²) in [5.74, 6) is 1.90. The zero-order valence-electron chi connectivity index (χ0n) is 6.21. The molecule has 0 saturated heterocycles. The predicted octanol–water partition coefficient (Wildman–Crippen LogP) is 0.568. The van der Waals surface area contributed by atoms with Crippen LogP contribution in [-0.4, -0.2) is 23.1 Å². The number of hydrogen-bond acceptors (Lipinski definition) is 4. The van der Waals surface area contributed by atoms with Crippen molar-refractivity contribution in [2.24, 2.45) is 0 Å². The van der Waals surface area contributed by atoms with Crippen LogP contribution in [0.5, 0.6) is 0 Å². The van der Waals surface area contributed by atoms with Crippen molar-refractivity contribution in [3.63, 3.8) is 0 Å². The smallest absolute Gasteiger partial charge is 0.324 e. The predicted molar refractivity (Wildman–Crippen MR) is 41.4 cm³/mol. The number of phosphoric acid groups is 1. The van der Waals surface area contributed by atoms with Crippen LogP contribution in [0.2, 0.25) is 0 Å². The van der Waals surface area contributed by atoms with E-state index in [4.69, 9.17) is 16.2 Å². The van der Waals surface area contributed by atoms with Crippen LogP contribution in [0, 0.1) is 12.3 Å². The van der Waals surface area contributed by atoms with Crippen molar-refractivity contribution in [1.82, 2.24) is 0 Å². The summed E-state index contributed by atoms with van der Waals surface area (Å²) in [5, 5.41) is 0. The van der Waals surface area contributed by atoms with Gasteiger partial charge >= 0.3 is 15.4 Å². The van der Waals surface area contributed by atoms with Crippen LogP contribution >= 0.6 is 15.4 Å². The third kappa shape index (κ3) is 6.56. The largest absolute Gasteiger partial charge is 0.480 e. The van der Waals surface area contributed by atoms with Gasteiger partial charge in [-0.3, -0.25) is 9.09 Å². The fourth-order valence-electron chi connectivity index (χ4n) is 0.334. The van der Waals surface area contributed by atoms with Crippen LogP contribution in [0.15, 0.2) is 0 Å². The molecule has 6 nitrogen and oxygen atoms in total. The molecule has 0 amide bonds. The van der Waals surface area contributed by atoms with E-state index in [1.54, 1.807) is 0 Å². The summed E-state index contributed by atoms with van der Waals surface area (Å²) in [6.45, 7) is 0.295. The van der Waals surface area contributed by atoms with E-state index in [2.05, 4.69) is 8.83 Å². The minimum absolute atomic E-state index is 0.465. The number of terminal acetylenes is 1. The Labute approximate surface area is 69.7 Å². The maximum Gasteiger partial charge on any atom is 0.480 e. The zero-order valence-corrected chi connectivity index (χ0v) is 8.00. The zero-order chi connectivity index (χ0) is 9.83. The lowest BCUT2D eigenvalue weighted by molar-refractivity contribution is 0.216. The molecule has 0 aromatic heterocycles. The Kier molecular flexibility index (Phi) is 4.15. The normalized spacial score (nSPS) is 20.5. The molecule has 0 saturated carbocycles. The average Bonchev–Trinajstić information content (AvgIpc) is 1.78. The lowest BCUT2D eigenvalue weighted by atomic mass is 10.8. The number of rotatable bonds is 4. The summed E-state index contributed by atoms with van der Waals surface area (Å²) in [5.41, 5.74) is 0. The van der Waals surface area contributed by atoms with Gasteiger partial charge in [0.05, 0.1) is 0 Å². The number of phosphoric ester groups is 1. The maximum atomic E-state index is 10.7. The van der Waals surface area contributed by atoms with E-state index in [1.165, 1.54) is 0 Å². The summed E-state index contributed by atoms with van der Waals surface area (Å²) in [4.78, 5) is 17.2. The van der Waals surface area contributed by atoms with Crippen LogP contribution < -0.4 is 0 Å². The van der Waals surface area contributed by atoms with E-state index in [1.807, 2.05) is 5.92 Å². The molecule has 8 heteroatoms. The van der Waals surface area contributed by atoms with Gasteiger partial charge in [-0.05, 0) is 0 Å². The highest BCUT2D eigenvalue weighted by Gasteiger charge is 2.29. The van der Waals surface area contributed by atoms with Crippen molar-refractivity contribution in [2.45, 2.75) is 0 Å². The Hall–Kier alpha value is -0.140. The Morgan fingerprint density at radius 1 is 1.50 bits per heavy atom. The van der Waals surface area contributed by atoms with Gasteiger partial charge < -0.3 is 9.79 Å². The highest BCUT2D eigenvalue weighted by Crippen LogP contribution is 2.57. The fourth-order valence-corrected chi connectivity index (χ4v) is 2.29. The quantitative estimate of drug-likeness (QED) is 0.524. The highest BCUT2D eigenvalue weighted by molar-refractivity contribution is 7.63. The molecular weight excluding hydrogens is 206 g/mol. The van der Waals surface area contributed by atoms with Gasteiger partial charge in [0.25, 0.3) is 0 Å². The third-order valence-corrected chi connectivity index (χ3v) is 3.06. The van der Waals surface area contributed by atoms with Gasteiger partial charge in [0, 0.05) is 6.66 Å². The molecule has 2 atom stereocenters. The van der Waals surface area contributed by atoms with Gasteiger partial charge in [0.2, 0.25) is 0 Å². The second-order valence-electron chi connectivity index (χ2n) is 1.83. The van der Waals surface area contributed by atoms with Crippen molar-refractivity contribution in [2.75, 3.05) is 13.3 Å².